The zero-order chi connectivity index (χ0) is 14.9. The molecule has 2 aromatic rings. The summed E-state index contributed by atoms with van der Waals surface area (Å²) >= 11 is 0. The molecule has 0 saturated carbocycles. The SMILES string of the molecule is CNC(c1cccc(OC)c1F)c1c(C)nn(C)c1C. The number of benzene rings is 1. The third-order valence-corrected chi connectivity index (χ3v) is 3.67. The van der Waals surface area contributed by atoms with Crippen LogP contribution >= 0.6 is 0 Å². The van der Waals surface area contributed by atoms with E-state index in [-0.39, 0.29) is 17.6 Å². The van der Waals surface area contributed by atoms with Crippen LogP contribution < -0.4 is 10.1 Å². The molecule has 0 aliphatic carbocycles. The summed E-state index contributed by atoms with van der Waals surface area (Å²) in [7, 11) is 5.17. The third kappa shape index (κ3) is 2.29. The second-order valence-electron chi connectivity index (χ2n) is 4.79. The summed E-state index contributed by atoms with van der Waals surface area (Å²) in [5.74, 6) is -0.0843. The van der Waals surface area contributed by atoms with E-state index in [1.807, 2.05) is 32.6 Å². The van der Waals surface area contributed by atoms with Gasteiger partial charge in [0, 0.05) is 23.9 Å². The number of nitrogens with one attached hydrogen (secondary N) is 1. The number of halogens is 1. The molecule has 1 atom stereocenters. The van der Waals surface area contributed by atoms with Crippen molar-refractivity contribution in [3.63, 3.8) is 0 Å². The smallest absolute Gasteiger partial charge is 0.170 e. The van der Waals surface area contributed by atoms with Crippen LogP contribution in [0.2, 0.25) is 0 Å². The minimum atomic E-state index is -0.336. The highest BCUT2D eigenvalue weighted by Crippen LogP contribution is 2.31. The van der Waals surface area contributed by atoms with Crippen LogP contribution in [-0.4, -0.2) is 23.9 Å². The van der Waals surface area contributed by atoms with Gasteiger partial charge in [-0.25, -0.2) is 4.39 Å². The summed E-state index contributed by atoms with van der Waals surface area (Å²) in [5.41, 5.74) is 3.48. The zero-order valence-corrected chi connectivity index (χ0v) is 12.5. The molecule has 0 amide bonds. The predicted molar refractivity (Wildman–Crippen MR) is 76.5 cm³/mol. The molecule has 0 aliphatic rings. The van der Waals surface area contributed by atoms with E-state index in [4.69, 9.17) is 4.74 Å². The maximum atomic E-state index is 14.5. The van der Waals surface area contributed by atoms with Gasteiger partial charge in [0.15, 0.2) is 11.6 Å². The summed E-state index contributed by atoms with van der Waals surface area (Å²) in [6, 6.07) is 4.93. The first kappa shape index (κ1) is 14.5. The van der Waals surface area contributed by atoms with Crippen LogP contribution in [-0.2, 0) is 7.05 Å². The molecule has 2 rings (SSSR count). The average Bonchev–Trinajstić information content (AvgIpc) is 2.68. The van der Waals surface area contributed by atoms with Crippen molar-refractivity contribution in [1.82, 2.24) is 15.1 Å². The van der Waals surface area contributed by atoms with Crippen LogP contribution in [0.25, 0.3) is 0 Å². The normalized spacial score (nSPS) is 12.5. The second kappa shape index (κ2) is 5.63. The van der Waals surface area contributed by atoms with E-state index >= 15 is 0 Å². The molecule has 108 valence electrons. The van der Waals surface area contributed by atoms with Crippen molar-refractivity contribution in [3.05, 3.63) is 46.5 Å². The van der Waals surface area contributed by atoms with Gasteiger partial charge in [-0.05, 0) is 27.0 Å². The Morgan fingerprint density at radius 3 is 2.55 bits per heavy atom. The number of ether oxygens (including phenoxy) is 1. The second-order valence-corrected chi connectivity index (χ2v) is 4.79. The molecule has 5 heteroatoms. The van der Waals surface area contributed by atoms with Gasteiger partial charge in [-0.2, -0.15) is 5.10 Å². The first-order valence-electron chi connectivity index (χ1n) is 6.51. The minimum absolute atomic E-state index is 0.251. The molecule has 0 saturated heterocycles. The van der Waals surface area contributed by atoms with Crippen LogP contribution in [0.15, 0.2) is 18.2 Å². The summed E-state index contributed by atoms with van der Waals surface area (Å²) in [5, 5.41) is 7.57. The maximum Gasteiger partial charge on any atom is 0.170 e. The summed E-state index contributed by atoms with van der Waals surface area (Å²) in [4.78, 5) is 0. The quantitative estimate of drug-likeness (QED) is 0.933. The monoisotopic (exact) mass is 277 g/mol. The lowest BCUT2D eigenvalue weighted by Gasteiger charge is -2.19. The van der Waals surface area contributed by atoms with Gasteiger partial charge < -0.3 is 10.1 Å². The Morgan fingerprint density at radius 1 is 1.35 bits per heavy atom. The number of rotatable bonds is 4. The van der Waals surface area contributed by atoms with Crippen molar-refractivity contribution in [1.29, 1.82) is 0 Å². The average molecular weight is 277 g/mol. The van der Waals surface area contributed by atoms with Crippen molar-refractivity contribution in [2.75, 3.05) is 14.2 Å². The van der Waals surface area contributed by atoms with E-state index in [2.05, 4.69) is 10.4 Å². The van der Waals surface area contributed by atoms with E-state index in [9.17, 15) is 4.39 Å². The first-order chi connectivity index (χ1) is 9.51. The third-order valence-electron chi connectivity index (χ3n) is 3.67. The van der Waals surface area contributed by atoms with Crippen molar-refractivity contribution in [2.45, 2.75) is 19.9 Å². The van der Waals surface area contributed by atoms with Crippen LogP contribution in [0, 0.1) is 19.7 Å². The fraction of sp³-hybridized carbons (Fsp3) is 0.400. The number of hydrogen-bond acceptors (Lipinski definition) is 3. The van der Waals surface area contributed by atoms with E-state index in [0.717, 1.165) is 17.0 Å². The van der Waals surface area contributed by atoms with Crippen LogP contribution in [0.3, 0.4) is 0 Å². The molecular formula is C15H20FN3O. The lowest BCUT2D eigenvalue weighted by Crippen LogP contribution is -2.20. The fourth-order valence-corrected chi connectivity index (χ4v) is 2.57. The molecule has 1 aromatic carbocycles. The van der Waals surface area contributed by atoms with E-state index < -0.39 is 0 Å². The lowest BCUT2D eigenvalue weighted by molar-refractivity contribution is 0.382. The Balaban J connectivity index is 2.58. The Bertz CT molecular complexity index is 622. The van der Waals surface area contributed by atoms with Crippen molar-refractivity contribution < 1.29 is 9.13 Å². The van der Waals surface area contributed by atoms with E-state index in [1.54, 1.807) is 18.2 Å². The molecule has 0 aliphatic heterocycles. The molecule has 1 N–H and O–H groups in total. The maximum absolute atomic E-state index is 14.5. The number of aromatic nitrogens is 2. The van der Waals surface area contributed by atoms with Gasteiger partial charge in [-0.1, -0.05) is 12.1 Å². The van der Waals surface area contributed by atoms with Gasteiger partial charge >= 0.3 is 0 Å². The van der Waals surface area contributed by atoms with E-state index in [0.29, 0.717) is 5.56 Å². The topological polar surface area (TPSA) is 39.1 Å². The zero-order valence-electron chi connectivity index (χ0n) is 12.5. The molecular weight excluding hydrogens is 257 g/mol. The molecule has 0 spiro atoms. The molecule has 4 nitrogen and oxygen atoms in total. The summed E-state index contributed by atoms with van der Waals surface area (Å²) < 4.78 is 21.3. The Morgan fingerprint density at radius 2 is 2.05 bits per heavy atom. The van der Waals surface area contributed by atoms with Crippen molar-refractivity contribution in [3.8, 4) is 5.75 Å². The highest BCUT2D eigenvalue weighted by atomic mass is 19.1. The standard InChI is InChI=1S/C15H20FN3O/c1-9-13(10(2)19(4)18-9)15(17-3)11-7-6-8-12(20-5)14(11)16/h6-8,15,17H,1-5H3. The van der Waals surface area contributed by atoms with Gasteiger partial charge in [0.25, 0.3) is 0 Å². The number of hydrogen-bond donors (Lipinski definition) is 1. The highest BCUT2D eigenvalue weighted by molar-refractivity contribution is 5.41. The van der Waals surface area contributed by atoms with Gasteiger partial charge in [0.05, 0.1) is 18.8 Å². The van der Waals surface area contributed by atoms with Gasteiger partial charge in [0.2, 0.25) is 0 Å². The van der Waals surface area contributed by atoms with Crippen LogP contribution in [0.4, 0.5) is 4.39 Å². The molecule has 1 aromatic heterocycles. The van der Waals surface area contributed by atoms with Gasteiger partial charge in [-0.15, -0.1) is 0 Å². The van der Waals surface area contributed by atoms with Crippen LogP contribution in [0.5, 0.6) is 5.75 Å². The number of methoxy groups -OCH3 is 1. The summed E-state index contributed by atoms with van der Waals surface area (Å²) in [6.07, 6.45) is 0. The highest BCUT2D eigenvalue weighted by Gasteiger charge is 2.24. The largest absolute Gasteiger partial charge is 0.494 e. The molecule has 0 bridgehead atoms. The fourth-order valence-electron chi connectivity index (χ4n) is 2.57. The van der Waals surface area contributed by atoms with E-state index in [1.165, 1.54) is 7.11 Å². The van der Waals surface area contributed by atoms with Crippen molar-refractivity contribution >= 4 is 0 Å². The molecule has 0 radical (unpaired) electrons. The van der Waals surface area contributed by atoms with Crippen LogP contribution in [0.1, 0.15) is 28.6 Å². The molecule has 20 heavy (non-hydrogen) atoms. The van der Waals surface area contributed by atoms with Gasteiger partial charge in [-0.3, -0.25) is 4.68 Å². The van der Waals surface area contributed by atoms with Gasteiger partial charge in [0.1, 0.15) is 0 Å². The number of nitrogens with zero attached hydrogens (tertiary/aromatic N) is 2. The molecule has 0 fully saturated rings. The summed E-state index contributed by atoms with van der Waals surface area (Å²) in [6.45, 7) is 3.92. The van der Waals surface area contributed by atoms with Crippen molar-refractivity contribution in [2.24, 2.45) is 7.05 Å². The lowest BCUT2D eigenvalue weighted by atomic mass is 9.96. The Kier molecular flexibility index (Phi) is 4.09. The Hall–Kier alpha value is -1.88. The Labute approximate surface area is 118 Å². The predicted octanol–water partition coefficient (Wildman–Crippen LogP) is 2.49. The minimum Gasteiger partial charge on any atom is -0.494 e. The number of aryl methyl sites for hydroxylation is 2. The first-order valence-corrected chi connectivity index (χ1v) is 6.51. The molecule has 1 unspecified atom stereocenters. The molecule has 1 heterocycles.